The van der Waals surface area contributed by atoms with Gasteiger partial charge in [0.25, 0.3) is 0 Å². The molecule has 1 aliphatic heterocycles. The van der Waals surface area contributed by atoms with E-state index in [1.807, 2.05) is 6.92 Å². The quantitative estimate of drug-likeness (QED) is 0.644. The minimum atomic E-state index is -0.804. The number of nitro groups is 1. The fourth-order valence-electron chi connectivity index (χ4n) is 2.60. The van der Waals surface area contributed by atoms with Gasteiger partial charge in [-0.3, -0.25) is 10.1 Å². The van der Waals surface area contributed by atoms with Gasteiger partial charge in [-0.2, -0.15) is 4.39 Å². The van der Waals surface area contributed by atoms with Crippen LogP contribution in [0.15, 0.2) is 18.2 Å². The van der Waals surface area contributed by atoms with Crippen molar-refractivity contribution in [2.45, 2.75) is 19.4 Å². The number of piperazine rings is 1. The van der Waals surface area contributed by atoms with Gasteiger partial charge in [-0.25, -0.2) is 0 Å². The second kappa shape index (κ2) is 7.51. The molecule has 0 unspecified atom stereocenters. The van der Waals surface area contributed by atoms with Crippen molar-refractivity contribution in [2.75, 3.05) is 45.1 Å². The van der Waals surface area contributed by atoms with Crippen LogP contribution in [0.3, 0.4) is 0 Å². The van der Waals surface area contributed by atoms with Crippen LogP contribution in [0.1, 0.15) is 13.3 Å². The monoisotopic (exact) mass is 310 g/mol. The lowest BCUT2D eigenvalue weighted by Crippen LogP contribution is -2.45. The van der Waals surface area contributed by atoms with E-state index in [0.717, 1.165) is 45.2 Å². The molecule has 1 aliphatic rings. The van der Waals surface area contributed by atoms with Gasteiger partial charge in [-0.15, -0.1) is 0 Å². The van der Waals surface area contributed by atoms with E-state index in [-0.39, 0.29) is 11.7 Å². The molecular formula is C15H23FN4O2. The van der Waals surface area contributed by atoms with E-state index in [0.29, 0.717) is 0 Å². The van der Waals surface area contributed by atoms with Crippen molar-refractivity contribution >= 4 is 11.4 Å². The number of anilines is 1. The van der Waals surface area contributed by atoms with Crippen LogP contribution in [0.25, 0.3) is 0 Å². The zero-order valence-corrected chi connectivity index (χ0v) is 13.1. The molecule has 0 aliphatic carbocycles. The van der Waals surface area contributed by atoms with E-state index in [4.69, 9.17) is 0 Å². The molecule has 1 heterocycles. The van der Waals surface area contributed by atoms with Gasteiger partial charge < -0.3 is 15.1 Å². The number of benzene rings is 1. The number of hydrogen-bond acceptors (Lipinski definition) is 5. The molecule has 0 saturated carbocycles. The van der Waals surface area contributed by atoms with Gasteiger partial charge in [-0.1, -0.05) is 6.07 Å². The molecular weight excluding hydrogens is 287 g/mol. The topological polar surface area (TPSA) is 61.6 Å². The van der Waals surface area contributed by atoms with Gasteiger partial charge in [0.2, 0.25) is 5.82 Å². The first-order valence-corrected chi connectivity index (χ1v) is 7.57. The average Bonchev–Trinajstić information content (AvgIpc) is 2.46. The summed E-state index contributed by atoms with van der Waals surface area (Å²) in [5.41, 5.74) is -0.232. The lowest BCUT2D eigenvalue weighted by atomic mass is 10.2. The minimum absolute atomic E-state index is 0.0418. The van der Waals surface area contributed by atoms with Gasteiger partial charge >= 0.3 is 5.69 Å². The fraction of sp³-hybridized carbons (Fsp3) is 0.600. The summed E-state index contributed by atoms with van der Waals surface area (Å²) in [6.07, 6.45) is 0.859. The van der Waals surface area contributed by atoms with E-state index >= 15 is 0 Å². The Kier molecular flexibility index (Phi) is 5.68. The van der Waals surface area contributed by atoms with Crippen LogP contribution in [0, 0.1) is 15.9 Å². The molecule has 7 heteroatoms. The van der Waals surface area contributed by atoms with Gasteiger partial charge in [-0.05, 0) is 32.5 Å². The van der Waals surface area contributed by atoms with E-state index in [1.165, 1.54) is 6.07 Å². The van der Waals surface area contributed by atoms with E-state index in [9.17, 15) is 14.5 Å². The maximum absolute atomic E-state index is 13.6. The Hall–Kier alpha value is -1.73. The predicted octanol–water partition coefficient (Wildman–Crippen LogP) is 2.17. The summed E-state index contributed by atoms with van der Waals surface area (Å²) in [7, 11) is 2.12. The third-order valence-electron chi connectivity index (χ3n) is 4.05. The number of rotatable bonds is 6. The number of nitrogens with one attached hydrogen (secondary N) is 1. The first kappa shape index (κ1) is 16.6. The lowest BCUT2D eigenvalue weighted by molar-refractivity contribution is -0.386. The van der Waals surface area contributed by atoms with Gasteiger partial charge in [0.15, 0.2) is 0 Å². The van der Waals surface area contributed by atoms with Crippen LogP contribution in [0.4, 0.5) is 15.8 Å². The molecule has 1 fully saturated rings. The molecule has 0 spiro atoms. The number of hydrogen-bond donors (Lipinski definition) is 1. The van der Waals surface area contributed by atoms with Gasteiger partial charge in [0, 0.05) is 38.8 Å². The highest BCUT2D eigenvalue weighted by atomic mass is 19.1. The largest absolute Gasteiger partial charge is 0.377 e. The Morgan fingerprint density at radius 2 is 2.05 bits per heavy atom. The van der Waals surface area contributed by atoms with Crippen molar-refractivity contribution in [2.24, 2.45) is 0 Å². The van der Waals surface area contributed by atoms with Crippen molar-refractivity contribution in [3.05, 3.63) is 34.1 Å². The minimum Gasteiger partial charge on any atom is -0.377 e. The van der Waals surface area contributed by atoms with Gasteiger partial charge in [0.1, 0.15) is 5.69 Å². The highest BCUT2D eigenvalue weighted by molar-refractivity contribution is 5.62. The fourth-order valence-corrected chi connectivity index (χ4v) is 2.60. The summed E-state index contributed by atoms with van der Waals surface area (Å²) < 4.78 is 13.6. The first-order valence-electron chi connectivity index (χ1n) is 7.57. The third-order valence-corrected chi connectivity index (χ3v) is 4.05. The molecule has 2 rings (SSSR count). The molecule has 1 N–H and O–H groups in total. The van der Waals surface area contributed by atoms with Crippen molar-refractivity contribution in [3.8, 4) is 0 Å². The summed E-state index contributed by atoms with van der Waals surface area (Å²) in [5.74, 6) is -0.804. The normalized spacial score (nSPS) is 18.1. The van der Waals surface area contributed by atoms with Crippen molar-refractivity contribution in [1.82, 2.24) is 9.80 Å². The van der Waals surface area contributed by atoms with E-state index < -0.39 is 16.4 Å². The molecule has 0 amide bonds. The summed E-state index contributed by atoms with van der Waals surface area (Å²) >= 11 is 0. The standard InChI is InChI=1S/C15H23FN4O2/c1-12(6-7-19-10-8-18(2)9-11-19)17-14-5-3-4-13(16)15(14)20(21)22/h3-5,12,17H,6-11H2,1-2H3/t12-/m1/s1. The highest BCUT2D eigenvalue weighted by Crippen LogP contribution is 2.28. The third kappa shape index (κ3) is 4.38. The molecule has 1 saturated heterocycles. The number of halogens is 1. The van der Waals surface area contributed by atoms with Crippen LogP contribution >= 0.6 is 0 Å². The summed E-state index contributed by atoms with van der Waals surface area (Å²) in [6, 6.07) is 4.18. The Morgan fingerprint density at radius 1 is 1.36 bits per heavy atom. The van der Waals surface area contributed by atoms with Crippen LogP contribution in [-0.4, -0.2) is 60.5 Å². The molecule has 1 aromatic rings. The molecule has 22 heavy (non-hydrogen) atoms. The zero-order valence-electron chi connectivity index (χ0n) is 13.1. The lowest BCUT2D eigenvalue weighted by Gasteiger charge is -2.33. The number of likely N-dealkylation sites (N-methyl/N-ethyl adjacent to an activating group) is 1. The van der Waals surface area contributed by atoms with Crippen LogP contribution in [0.2, 0.25) is 0 Å². The number of nitro benzene ring substituents is 1. The Morgan fingerprint density at radius 3 is 2.68 bits per heavy atom. The average molecular weight is 310 g/mol. The number of para-hydroxylation sites is 1. The Balaban J connectivity index is 1.88. The summed E-state index contributed by atoms with van der Waals surface area (Å²) in [5, 5.41) is 14.0. The van der Waals surface area contributed by atoms with Crippen molar-refractivity contribution in [3.63, 3.8) is 0 Å². The zero-order chi connectivity index (χ0) is 16.1. The van der Waals surface area contributed by atoms with Crippen LogP contribution in [0.5, 0.6) is 0 Å². The Labute approximate surface area is 130 Å². The molecule has 1 atom stereocenters. The van der Waals surface area contributed by atoms with E-state index in [2.05, 4.69) is 22.2 Å². The highest BCUT2D eigenvalue weighted by Gasteiger charge is 2.21. The van der Waals surface area contributed by atoms with Crippen LogP contribution in [-0.2, 0) is 0 Å². The molecule has 6 nitrogen and oxygen atoms in total. The molecule has 0 bridgehead atoms. The Bertz CT molecular complexity index is 518. The van der Waals surface area contributed by atoms with Gasteiger partial charge in [0.05, 0.1) is 4.92 Å². The van der Waals surface area contributed by atoms with Crippen molar-refractivity contribution < 1.29 is 9.31 Å². The molecule has 0 radical (unpaired) electrons. The molecule has 1 aromatic carbocycles. The summed E-state index contributed by atoms with van der Waals surface area (Å²) in [4.78, 5) is 15.0. The van der Waals surface area contributed by atoms with Crippen LogP contribution < -0.4 is 5.32 Å². The predicted molar refractivity (Wildman–Crippen MR) is 84.7 cm³/mol. The second-order valence-corrected chi connectivity index (χ2v) is 5.87. The van der Waals surface area contributed by atoms with Crippen molar-refractivity contribution in [1.29, 1.82) is 0 Å². The molecule has 122 valence electrons. The maximum Gasteiger partial charge on any atom is 0.327 e. The maximum atomic E-state index is 13.6. The summed E-state index contributed by atoms with van der Waals surface area (Å²) in [6.45, 7) is 7.12. The second-order valence-electron chi connectivity index (χ2n) is 5.87. The molecule has 0 aromatic heterocycles. The van der Waals surface area contributed by atoms with E-state index in [1.54, 1.807) is 6.07 Å². The first-order chi connectivity index (χ1) is 10.5. The SMILES string of the molecule is C[C@H](CCN1CCN(C)CC1)Nc1cccc(F)c1[N+](=O)[O-]. The number of nitrogens with zero attached hydrogens (tertiary/aromatic N) is 3. The smallest absolute Gasteiger partial charge is 0.327 e.